The average Bonchev–Trinajstić information content (AvgIpc) is 2.89. The summed E-state index contributed by atoms with van der Waals surface area (Å²) in [5, 5.41) is 15.8. The van der Waals surface area contributed by atoms with Crippen molar-refractivity contribution in [2.75, 3.05) is 13.2 Å². The number of hydrogen-bond donors (Lipinski definition) is 3. The predicted octanol–water partition coefficient (Wildman–Crippen LogP) is 4.32. The Morgan fingerprint density at radius 3 is 2.35 bits per heavy atom. The molecule has 3 aromatic rings. The summed E-state index contributed by atoms with van der Waals surface area (Å²) in [5.74, 6) is -1.21. The third-order valence-electron chi connectivity index (χ3n) is 5.01. The van der Waals surface area contributed by atoms with Crippen LogP contribution in [0.15, 0.2) is 82.4 Å². The van der Waals surface area contributed by atoms with Gasteiger partial charge in [0.1, 0.15) is 0 Å². The summed E-state index contributed by atoms with van der Waals surface area (Å²) in [4.78, 5) is 36.3. The number of hydrogen-bond acceptors (Lipinski definition) is 6. The molecule has 1 atom stereocenters. The molecule has 0 aromatic heterocycles. The number of benzene rings is 3. The Hall–Kier alpha value is -4.18. The van der Waals surface area contributed by atoms with Crippen molar-refractivity contribution in [3.05, 3.63) is 94.0 Å². The highest BCUT2D eigenvalue weighted by atomic mass is 79.9. The van der Waals surface area contributed by atoms with Gasteiger partial charge in [-0.3, -0.25) is 9.59 Å². The van der Waals surface area contributed by atoms with Gasteiger partial charge < -0.3 is 19.9 Å². The van der Waals surface area contributed by atoms with Crippen LogP contribution in [0.4, 0.5) is 0 Å². The van der Waals surface area contributed by atoms with E-state index < -0.39 is 24.5 Å². The van der Waals surface area contributed by atoms with Gasteiger partial charge in [0.05, 0.1) is 29.8 Å². The normalized spacial score (nSPS) is 11.5. The average molecular weight is 568 g/mol. The van der Waals surface area contributed by atoms with E-state index in [0.717, 1.165) is 5.56 Å². The molecule has 3 aromatic carbocycles. The summed E-state index contributed by atoms with van der Waals surface area (Å²) in [6, 6.07) is 20.7. The van der Waals surface area contributed by atoms with E-state index in [-0.39, 0.29) is 18.1 Å². The van der Waals surface area contributed by atoms with E-state index in [1.54, 1.807) is 43.3 Å². The number of amides is 2. The molecular formula is C27H26BrN3O6. The summed E-state index contributed by atoms with van der Waals surface area (Å²) >= 11 is 3.35. The number of nitrogens with one attached hydrogen (secondary N) is 2. The number of carbonyl (C=O) groups is 3. The van der Waals surface area contributed by atoms with Crippen LogP contribution < -0.4 is 20.2 Å². The van der Waals surface area contributed by atoms with Crippen LogP contribution in [-0.4, -0.2) is 42.3 Å². The number of nitrogens with zero attached hydrogens (tertiary/aromatic N) is 1. The summed E-state index contributed by atoms with van der Waals surface area (Å²) in [6.07, 6.45) is 1.39. The number of hydrazone groups is 1. The van der Waals surface area contributed by atoms with Gasteiger partial charge in [-0.25, -0.2) is 10.2 Å². The second-order valence-electron chi connectivity index (χ2n) is 7.75. The lowest BCUT2D eigenvalue weighted by Gasteiger charge is -2.18. The van der Waals surface area contributed by atoms with Gasteiger partial charge in [-0.2, -0.15) is 5.10 Å². The summed E-state index contributed by atoms with van der Waals surface area (Å²) in [6.45, 7) is 1.60. The molecule has 10 heteroatoms. The van der Waals surface area contributed by atoms with E-state index in [1.165, 1.54) is 6.21 Å². The van der Waals surface area contributed by atoms with E-state index in [1.807, 2.05) is 36.4 Å². The molecule has 0 spiro atoms. The number of carbonyl (C=O) groups excluding carboxylic acids is 2. The van der Waals surface area contributed by atoms with Crippen LogP contribution in [0, 0.1) is 0 Å². The number of carboxylic acid groups (broad SMARTS) is 1. The Bertz CT molecular complexity index is 1250. The van der Waals surface area contributed by atoms with Gasteiger partial charge in [0, 0.05) is 5.56 Å². The first-order chi connectivity index (χ1) is 17.9. The van der Waals surface area contributed by atoms with Crippen LogP contribution in [-0.2, 0) is 9.59 Å². The van der Waals surface area contributed by atoms with Crippen LogP contribution in [0.1, 0.15) is 40.9 Å². The lowest BCUT2D eigenvalue weighted by Crippen LogP contribution is -2.32. The number of rotatable bonds is 12. The molecule has 0 aliphatic heterocycles. The van der Waals surface area contributed by atoms with Crippen molar-refractivity contribution in [1.29, 1.82) is 0 Å². The first-order valence-corrected chi connectivity index (χ1v) is 12.2. The zero-order chi connectivity index (χ0) is 26.6. The number of carboxylic acids is 1. The molecule has 2 amide bonds. The van der Waals surface area contributed by atoms with Crippen molar-refractivity contribution in [2.24, 2.45) is 5.10 Å². The molecule has 9 nitrogen and oxygen atoms in total. The standard InChI is InChI=1S/C27H26BrN3O6/c1-2-36-23-14-18(13-21(28)26(23)37-17-25(33)34)16-29-31-24(32)15-22(19-9-5-3-6-10-19)30-27(35)20-11-7-4-8-12-20/h3-14,16,22H,2,15,17H2,1H3,(H,30,35)(H,31,32)(H,33,34)/b29-16-/t22-/m0/s1. The molecule has 37 heavy (non-hydrogen) atoms. The zero-order valence-corrected chi connectivity index (χ0v) is 21.6. The molecule has 0 fully saturated rings. The molecule has 0 heterocycles. The smallest absolute Gasteiger partial charge is 0.341 e. The Kier molecular flexibility index (Phi) is 10.2. The maximum atomic E-state index is 12.7. The molecule has 0 saturated heterocycles. The van der Waals surface area contributed by atoms with E-state index >= 15 is 0 Å². The maximum Gasteiger partial charge on any atom is 0.341 e. The monoisotopic (exact) mass is 567 g/mol. The van der Waals surface area contributed by atoms with E-state index in [9.17, 15) is 14.4 Å². The predicted molar refractivity (Wildman–Crippen MR) is 142 cm³/mol. The fourth-order valence-corrected chi connectivity index (χ4v) is 3.95. The molecular weight excluding hydrogens is 542 g/mol. The van der Waals surface area contributed by atoms with Crippen LogP contribution in [0.3, 0.4) is 0 Å². The highest BCUT2D eigenvalue weighted by Crippen LogP contribution is 2.36. The maximum absolute atomic E-state index is 12.7. The van der Waals surface area contributed by atoms with Gasteiger partial charge in [0.25, 0.3) is 5.91 Å². The Morgan fingerprint density at radius 1 is 1.03 bits per heavy atom. The Morgan fingerprint density at radius 2 is 1.70 bits per heavy atom. The molecule has 0 aliphatic rings. The minimum Gasteiger partial charge on any atom is -0.490 e. The topological polar surface area (TPSA) is 126 Å². The highest BCUT2D eigenvalue weighted by molar-refractivity contribution is 9.10. The van der Waals surface area contributed by atoms with Crippen LogP contribution in [0.2, 0.25) is 0 Å². The van der Waals surface area contributed by atoms with Crippen molar-refractivity contribution in [2.45, 2.75) is 19.4 Å². The Labute approximate surface area is 222 Å². The molecule has 0 radical (unpaired) electrons. The third-order valence-corrected chi connectivity index (χ3v) is 5.60. The number of aliphatic carboxylic acids is 1. The molecule has 0 saturated carbocycles. The van der Waals surface area contributed by atoms with Gasteiger partial charge in [-0.1, -0.05) is 48.5 Å². The Balaban J connectivity index is 1.69. The van der Waals surface area contributed by atoms with Crippen LogP contribution in [0.25, 0.3) is 0 Å². The van der Waals surface area contributed by atoms with Crippen molar-refractivity contribution < 1.29 is 29.0 Å². The summed E-state index contributed by atoms with van der Waals surface area (Å²) in [7, 11) is 0. The fraction of sp³-hybridized carbons (Fsp3) is 0.185. The van der Waals surface area contributed by atoms with E-state index in [0.29, 0.717) is 28.0 Å². The quantitative estimate of drug-likeness (QED) is 0.221. The minimum absolute atomic E-state index is 0.0320. The van der Waals surface area contributed by atoms with Gasteiger partial charge in [0.15, 0.2) is 18.1 Å². The van der Waals surface area contributed by atoms with E-state index in [2.05, 4.69) is 31.8 Å². The largest absolute Gasteiger partial charge is 0.490 e. The fourth-order valence-electron chi connectivity index (χ4n) is 3.38. The van der Waals surface area contributed by atoms with Gasteiger partial charge >= 0.3 is 5.97 Å². The van der Waals surface area contributed by atoms with E-state index in [4.69, 9.17) is 14.6 Å². The summed E-state index contributed by atoms with van der Waals surface area (Å²) < 4.78 is 11.3. The first kappa shape index (κ1) is 27.4. The minimum atomic E-state index is -1.11. The zero-order valence-electron chi connectivity index (χ0n) is 20.0. The summed E-state index contributed by atoms with van der Waals surface area (Å²) in [5.41, 5.74) is 4.34. The van der Waals surface area contributed by atoms with Crippen molar-refractivity contribution >= 4 is 39.9 Å². The second kappa shape index (κ2) is 13.8. The SMILES string of the molecule is CCOc1cc(/C=N\NC(=O)C[C@H](NC(=O)c2ccccc2)c2ccccc2)cc(Br)c1OCC(=O)O. The van der Waals surface area contributed by atoms with Gasteiger partial charge in [-0.15, -0.1) is 0 Å². The second-order valence-corrected chi connectivity index (χ2v) is 8.60. The van der Waals surface area contributed by atoms with Gasteiger partial charge in [-0.05, 0) is 58.2 Å². The van der Waals surface area contributed by atoms with Gasteiger partial charge in [0.2, 0.25) is 5.91 Å². The molecule has 3 rings (SSSR count). The lowest BCUT2D eigenvalue weighted by atomic mass is 10.0. The number of ether oxygens (including phenoxy) is 2. The van der Waals surface area contributed by atoms with Crippen molar-refractivity contribution in [1.82, 2.24) is 10.7 Å². The number of halogens is 1. The lowest BCUT2D eigenvalue weighted by molar-refractivity contribution is -0.139. The third kappa shape index (κ3) is 8.46. The van der Waals surface area contributed by atoms with Crippen molar-refractivity contribution in [3.63, 3.8) is 0 Å². The van der Waals surface area contributed by atoms with Crippen LogP contribution in [0.5, 0.6) is 11.5 Å². The molecule has 0 bridgehead atoms. The molecule has 192 valence electrons. The first-order valence-electron chi connectivity index (χ1n) is 11.4. The molecule has 0 aliphatic carbocycles. The highest BCUT2D eigenvalue weighted by Gasteiger charge is 2.19. The van der Waals surface area contributed by atoms with Crippen LogP contribution >= 0.6 is 15.9 Å². The van der Waals surface area contributed by atoms with Crippen molar-refractivity contribution in [3.8, 4) is 11.5 Å². The molecule has 3 N–H and O–H groups in total. The molecule has 0 unspecified atom stereocenters.